The van der Waals surface area contributed by atoms with Crippen LogP contribution in [0.4, 0.5) is 0 Å². The summed E-state index contributed by atoms with van der Waals surface area (Å²) in [7, 11) is 0. The molecule has 4 heteroatoms. The summed E-state index contributed by atoms with van der Waals surface area (Å²) in [5, 5.41) is 8.69. The van der Waals surface area contributed by atoms with Crippen LogP contribution >= 0.6 is 27.3 Å². The fraction of sp³-hybridized carbons (Fsp3) is 0.333. The lowest BCUT2D eigenvalue weighted by Crippen LogP contribution is -2.09. The smallest absolute Gasteiger partial charge is 0.189 e. The van der Waals surface area contributed by atoms with Gasteiger partial charge in [0.15, 0.2) is 5.78 Å². The molecule has 0 aliphatic heterocycles. The Morgan fingerprint density at radius 2 is 2.46 bits per heavy atom. The molecule has 0 N–H and O–H groups in total. The second kappa shape index (κ2) is 4.54. The molecule has 0 aliphatic carbocycles. The minimum absolute atomic E-state index is 0.0688. The lowest BCUT2D eigenvalue weighted by atomic mass is 10.0. The zero-order valence-corrected chi connectivity index (χ0v) is 9.48. The molecule has 0 aromatic carbocycles. The summed E-state index contributed by atoms with van der Waals surface area (Å²) in [6, 6.07) is 5.57. The van der Waals surface area contributed by atoms with Crippen LogP contribution in [0.5, 0.6) is 0 Å². The SMILES string of the molecule is CCC(C#N)C(=O)c1ccc(Br)s1. The number of Topliss-reactive ketones (excluding diaryl/α,β-unsaturated/α-hetero) is 1. The van der Waals surface area contributed by atoms with Crippen molar-refractivity contribution in [2.75, 3.05) is 0 Å². The molecule has 1 atom stereocenters. The first-order valence-electron chi connectivity index (χ1n) is 3.88. The summed E-state index contributed by atoms with van der Waals surface area (Å²) in [5.74, 6) is -0.564. The summed E-state index contributed by atoms with van der Waals surface area (Å²) in [6.07, 6.45) is 0.574. The van der Waals surface area contributed by atoms with Crippen LogP contribution in [0, 0.1) is 17.2 Å². The molecule has 0 radical (unpaired) electrons. The fourth-order valence-electron chi connectivity index (χ4n) is 0.954. The number of nitrogens with zero attached hydrogens (tertiary/aromatic N) is 1. The Hall–Kier alpha value is -0.660. The quantitative estimate of drug-likeness (QED) is 0.781. The minimum Gasteiger partial charge on any atom is -0.292 e. The molecule has 0 saturated carbocycles. The van der Waals surface area contributed by atoms with E-state index >= 15 is 0 Å². The number of halogens is 1. The molecular weight excluding hydrogens is 250 g/mol. The molecule has 2 nitrogen and oxygen atoms in total. The second-order valence-electron chi connectivity index (χ2n) is 2.56. The maximum absolute atomic E-state index is 11.6. The van der Waals surface area contributed by atoms with Crippen LogP contribution in [0.1, 0.15) is 23.0 Å². The van der Waals surface area contributed by atoms with Crippen molar-refractivity contribution in [3.05, 3.63) is 20.8 Å². The van der Waals surface area contributed by atoms with Gasteiger partial charge in [0, 0.05) is 0 Å². The van der Waals surface area contributed by atoms with Gasteiger partial charge >= 0.3 is 0 Å². The number of hydrogen-bond donors (Lipinski definition) is 0. The van der Waals surface area contributed by atoms with Crippen LogP contribution in [0.2, 0.25) is 0 Å². The Balaban J connectivity index is 2.85. The highest BCUT2D eigenvalue weighted by molar-refractivity contribution is 9.11. The van der Waals surface area contributed by atoms with Gasteiger partial charge in [0.2, 0.25) is 0 Å². The maximum atomic E-state index is 11.6. The van der Waals surface area contributed by atoms with Gasteiger partial charge in [-0.05, 0) is 34.5 Å². The molecule has 1 heterocycles. The van der Waals surface area contributed by atoms with Crippen LogP contribution in [0.15, 0.2) is 15.9 Å². The van der Waals surface area contributed by atoms with E-state index in [0.717, 1.165) is 3.79 Å². The summed E-state index contributed by atoms with van der Waals surface area (Å²) in [6.45, 7) is 1.84. The molecular formula is C9H8BrNOS. The molecule has 0 spiro atoms. The van der Waals surface area contributed by atoms with E-state index in [2.05, 4.69) is 15.9 Å². The van der Waals surface area contributed by atoms with Crippen molar-refractivity contribution < 1.29 is 4.79 Å². The molecule has 0 bridgehead atoms. The third-order valence-electron chi connectivity index (χ3n) is 1.70. The number of carbonyl (C=O) groups is 1. The van der Waals surface area contributed by atoms with E-state index in [0.29, 0.717) is 11.3 Å². The van der Waals surface area contributed by atoms with Crippen molar-refractivity contribution in [2.45, 2.75) is 13.3 Å². The predicted octanol–water partition coefficient (Wildman–Crippen LogP) is 3.24. The molecule has 1 unspecified atom stereocenters. The molecule has 0 amide bonds. The van der Waals surface area contributed by atoms with Crippen molar-refractivity contribution >= 4 is 33.0 Å². The van der Waals surface area contributed by atoms with Crippen molar-refractivity contribution in [1.82, 2.24) is 0 Å². The summed E-state index contributed by atoms with van der Waals surface area (Å²) >= 11 is 4.65. The third kappa shape index (κ3) is 2.39. The van der Waals surface area contributed by atoms with E-state index in [4.69, 9.17) is 5.26 Å². The molecule has 1 aromatic rings. The first kappa shape index (κ1) is 10.4. The topological polar surface area (TPSA) is 40.9 Å². The first-order chi connectivity index (χ1) is 6.19. The Bertz CT molecular complexity index is 353. The molecule has 0 aliphatic rings. The molecule has 13 heavy (non-hydrogen) atoms. The van der Waals surface area contributed by atoms with E-state index in [9.17, 15) is 4.79 Å². The van der Waals surface area contributed by atoms with Crippen LogP contribution in [0.3, 0.4) is 0 Å². The lowest BCUT2D eigenvalue weighted by molar-refractivity contribution is 0.0950. The minimum atomic E-state index is -0.495. The Labute approximate surface area is 89.3 Å². The number of carbonyl (C=O) groups excluding carboxylic acids is 1. The van der Waals surface area contributed by atoms with Crippen LogP contribution in [-0.4, -0.2) is 5.78 Å². The van der Waals surface area contributed by atoms with Gasteiger partial charge < -0.3 is 0 Å². The largest absolute Gasteiger partial charge is 0.292 e. The zero-order valence-electron chi connectivity index (χ0n) is 7.08. The summed E-state index contributed by atoms with van der Waals surface area (Å²) < 4.78 is 0.920. The van der Waals surface area contributed by atoms with E-state index in [1.165, 1.54) is 11.3 Å². The average Bonchev–Trinajstić information content (AvgIpc) is 2.54. The number of thiophene rings is 1. The molecule has 68 valence electrons. The highest BCUT2D eigenvalue weighted by atomic mass is 79.9. The number of rotatable bonds is 3. The van der Waals surface area contributed by atoms with Gasteiger partial charge in [-0.3, -0.25) is 4.79 Å². The van der Waals surface area contributed by atoms with Crippen molar-refractivity contribution in [3.8, 4) is 6.07 Å². The van der Waals surface area contributed by atoms with Crippen molar-refractivity contribution in [1.29, 1.82) is 5.26 Å². The Morgan fingerprint density at radius 3 is 2.85 bits per heavy atom. The lowest BCUT2D eigenvalue weighted by Gasteiger charge is -2.00. The average molecular weight is 258 g/mol. The standard InChI is InChI=1S/C9H8BrNOS/c1-2-6(5-11)9(12)7-3-4-8(10)13-7/h3-4,6H,2H2,1H3. The summed E-state index contributed by atoms with van der Waals surface area (Å²) in [4.78, 5) is 12.2. The number of ketones is 1. The second-order valence-corrected chi connectivity index (χ2v) is 5.02. The van der Waals surface area contributed by atoms with Gasteiger partial charge in [-0.2, -0.15) is 5.26 Å². The van der Waals surface area contributed by atoms with Gasteiger partial charge in [-0.15, -0.1) is 11.3 Å². The Kier molecular flexibility index (Phi) is 3.64. The molecule has 1 aromatic heterocycles. The van der Waals surface area contributed by atoms with E-state index in [1.807, 2.05) is 19.1 Å². The van der Waals surface area contributed by atoms with Gasteiger partial charge in [-0.25, -0.2) is 0 Å². The number of hydrogen-bond acceptors (Lipinski definition) is 3. The molecule has 0 fully saturated rings. The first-order valence-corrected chi connectivity index (χ1v) is 5.49. The third-order valence-corrected chi connectivity index (χ3v) is 3.33. The molecule has 1 rings (SSSR count). The van der Waals surface area contributed by atoms with E-state index in [1.54, 1.807) is 6.07 Å². The zero-order chi connectivity index (χ0) is 9.84. The molecule has 0 saturated heterocycles. The highest BCUT2D eigenvalue weighted by Crippen LogP contribution is 2.24. The van der Waals surface area contributed by atoms with Crippen molar-refractivity contribution in [3.63, 3.8) is 0 Å². The maximum Gasteiger partial charge on any atom is 0.189 e. The summed E-state index contributed by atoms with van der Waals surface area (Å²) in [5.41, 5.74) is 0. The van der Waals surface area contributed by atoms with Crippen LogP contribution in [0.25, 0.3) is 0 Å². The number of nitriles is 1. The van der Waals surface area contributed by atoms with Crippen LogP contribution < -0.4 is 0 Å². The van der Waals surface area contributed by atoms with E-state index < -0.39 is 5.92 Å². The predicted molar refractivity (Wildman–Crippen MR) is 55.7 cm³/mol. The van der Waals surface area contributed by atoms with E-state index in [-0.39, 0.29) is 5.78 Å². The van der Waals surface area contributed by atoms with Crippen LogP contribution in [-0.2, 0) is 0 Å². The van der Waals surface area contributed by atoms with Crippen molar-refractivity contribution in [2.24, 2.45) is 5.92 Å². The Morgan fingerprint density at radius 1 is 1.77 bits per heavy atom. The van der Waals surface area contributed by atoms with Gasteiger partial charge in [0.1, 0.15) is 5.92 Å². The highest BCUT2D eigenvalue weighted by Gasteiger charge is 2.18. The van der Waals surface area contributed by atoms with Gasteiger partial charge in [0.05, 0.1) is 14.7 Å². The fourth-order valence-corrected chi connectivity index (χ4v) is 2.33. The normalized spacial score (nSPS) is 12.1. The monoisotopic (exact) mass is 257 g/mol. The van der Waals surface area contributed by atoms with Gasteiger partial charge in [0.25, 0.3) is 0 Å². The van der Waals surface area contributed by atoms with Gasteiger partial charge in [-0.1, -0.05) is 6.92 Å².